The third-order valence-electron chi connectivity index (χ3n) is 4.94. The topological polar surface area (TPSA) is 87.9 Å². The standard InChI is InChI=1S/C19H26F2N4O3/c1-19(20,21)28-16-8-4-13(5-9-16)11-23-18(27)24-10-2-3-15(12-24)25(17(22)26)14-6-7-14/h4-5,8-9,14-15H,2-3,6-7,10-12H2,1H3,(H2,22,26)(H,23,27)/t15-/m1/s1. The van der Waals surface area contributed by atoms with E-state index < -0.39 is 12.1 Å². The number of likely N-dealkylation sites (tertiary alicyclic amines) is 1. The first-order valence-corrected chi connectivity index (χ1v) is 9.49. The van der Waals surface area contributed by atoms with E-state index in [0.717, 1.165) is 31.2 Å². The third-order valence-corrected chi connectivity index (χ3v) is 4.94. The Kier molecular flexibility index (Phi) is 5.90. The molecule has 1 aliphatic carbocycles. The average molecular weight is 396 g/mol. The molecule has 0 spiro atoms. The van der Waals surface area contributed by atoms with Gasteiger partial charge in [0.15, 0.2) is 0 Å². The van der Waals surface area contributed by atoms with E-state index >= 15 is 0 Å². The number of nitrogens with one attached hydrogen (secondary N) is 1. The molecule has 1 saturated carbocycles. The van der Waals surface area contributed by atoms with Crippen molar-refractivity contribution in [3.63, 3.8) is 0 Å². The molecule has 2 aliphatic rings. The highest BCUT2D eigenvalue weighted by molar-refractivity contribution is 5.75. The van der Waals surface area contributed by atoms with Gasteiger partial charge in [-0.15, -0.1) is 0 Å². The minimum absolute atomic E-state index is 0.0448. The van der Waals surface area contributed by atoms with Crippen LogP contribution < -0.4 is 15.8 Å². The van der Waals surface area contributed by atoms with Crippen LogP contribution in [0.5, 0.6) is 5.75 Å². The Bertz CT molecular complexity index is 704. The Hall–Kier alpha value is -2.58. The Morgan fingerprint density at radius 3 is 2.50 bits per heavy atom. The lowest BCUT2D eigenvalue weighted by atomic mass is 10.0. The lowest BCUT2D eigenvalue weighted by Gasteiger charge is -2.38. The van der Waals surface area contributed by atoms with E-state index in [1.165, 1.54) is 12.1 Å². The summed E-state index contributed by atoms with van der Waals surface area (Å²) >= 11 is 0. The van der Waals surface area contributed by atoms with Crippen molar-refractivity contribution in [3.8, 4) is 5.75 Å². The van der Waals surface area contributed by atoms with E-state index in [-0.39, 0.29) is 30.4 Å². The summed E-state index contributed by atoms with van der Waals surface area (Å²) in [6, 6.07) is 5.66. The first-order chi connectivity index (χ1) is 13.2. The number of benzene rings is 1. The van der Waals surface area contributed by atoms with Gasteiger partial charge in [0.1, 0.15) is 5.75 Å². The molecule has 4 amide bonds. The fourth-order valence-corrected chi connectivity index (χ4v) is 3.55. The van der Waals surface area contributed by atoms with Crippen LogP contribution >= 0.6 is 0 Å². The molecule has 1 heterocycles. The number of rotatable bonds is 6. The van der Waals surface area contributed by atoms with Crippen molar-refractivity contribution >= 4 is 12.1 Å². The second kappa shape index (κ2) is 8.20. The van der Waals surface area contributed by atoms with Gasteiger partial charge < -0.3 is 25.6 Å². The van der Waals surface area contributed by atoms with Gasteiger partial charge in [-0.2, -0.15) is 8.78 Å². The smallest absolute Gasteiger partial charge is 0.394 e. The molecule has 0 radical (unpaired) electrons. The van der Waals surface area contributed by atoms with Gasteiger partial charge in [0.25, 0.3) is 0 Å². The van der Waals surface area contributed by atoms with Gasteiger partial charge in [-0.05, 0) is 43.4 Å². The Morgan fingerprint density at radius 2 is 1.93 bits per heavy atom. The summed E-state index contributed by atoms with van der Waals surface area (Å²) in [7, 11) is 0. The zero-order chi connectivity index (χ0) is 20.3. The molecule has 1 aromatic rings. The van der Waals surface area contributed by atoms with Gasteiger partial charge in [-0.25, -0.2) is 9.59 Å². The minimum atomic E-state index is -3.24. The summed E-state index contributed by atoms with van der Waals surface area (Å²) in [5.74, 6) is 0.0630. The first kappa shape index (κ1) is 20.2. The van der Waals surface area contributed by atoms with Gasteiger partial charge in [-0.3, -0.25) is 0 Å². The zero-order valence-corrected chi connectivity index (χ0v) is 15.9. The fraction of sp³-hybridized carbons (Fsp3) is 0.579. The summed E-state index contributed by atoms with van der Waals surface area (Å²) in [4.78, 5) is 27.7. The predicted octanol–water partition coefficient (Wildman–Crippen LogP) is 2.90. The quantitative estimate of drug-likeness (QED) is 0.775. The van der Waals surface area contributed by atoms with Crippen molar-refractivity contribution in [2.45, 2.75) is 57.3 Å². The lowest BCUT2D eigenvalue weighted by molar-refractivity contribution is -0.158. The van der Waals surface area contributed by atoms with Crippen LogP contribution in [0.25, 0.3) is 0 Å². The zero-order valence-electron chi connectivity index (χ0n) is 15.9. The molecule has 0 unspecified atom stereocenters. The number of ether oxygens (including phenoxy) is 1. The number of hydrogen-bond acceptors (Lipinski definition) is 3. The van der Waals surface area contributed by atoms with E-state index in [1.54, 1.807) is 21.9 Å². The van der Waals surface area contributed by atoms with Crippen molar-refractivity contribution in [2.75, 3.05) is 13.1 Å². The molecule has 2 fully saturated rings. The molecular formula is C19H26F2N4O3. The Morgan fingerprint density at radius 1 is 1.25 bits per heavy atom. The number of primary amides is 1. The van der Waals surface area contributed by atoms with Gasteiger partial charge in [0, 0.05) is 32.6 Å². The summed E-state index contributed by atoms with van der Waals surface area (Å²) in [6.45, 7) is 2.03. The van der Waals surface area contributed by atoms with Gasteiger partial charge in [-0.1, -0.05) is 12.1 Å². The Labute approximate surface area is 162 Å². The highest BCUT2D eigenvalue weighted by atomic mass is 19.3. The molecule has 3 N–H and O–H groups in total. The van der Waals surface area contributed by atoms with Gasteiger partial charge >= 0.3 is 18.2 Å². The van der Waals surface area contributed by atoms with Crippen LogP contribution in [0.3, 0.4) is 0 Å². The van der Waals surface area contributed by atoms with E-state index in [4.69, 9.17) is 5.73 Å². The molecule has 9 heteroatoms. The molecule has 154 valence electrons. The van der Waals surface area contributed by atoms with Crippen molar-refractivity contribution in [2.24, 2.45) is 5.73 Å². The minimum Gasteiger partial charge on any atom is -0.433 e. The number of nitrogens with zero attached hydrogens (tertiary/aromatic N) is 2. The number of piperidine rings is 1. The number of halogens is 2. The van der Waals surface area contributed by atoms with Gasteiger partial charge in [0.2, 0.25) is 0 Å². The van der Waals surface area contributed by atoms with Crippen molar-refractivity contribution in [3.05, 3.63) is 29.8 Å². The van der Waals surface area contributed by atoms with E-state index in [1.807, 2.05) is 0 Å². The van der Waals surface area contributed by atoms with Crippen LogP contribution in [-0.4, -0.2) is 53.1 Å². The van der Waals surface area contributed by atoms with Crippen LogP contribution in [0.2, 0.25) is 0 Å². The largest absolute Gasteiger partial charge is 0.433 e. The maximum absolute atomic E-state index is 12.8. The number of nitrogens with two attached hydrogens (primary N) is 1. The third kappa shape index (κ3) is 5.46. The van der Waals surface area contributed by atoms with E-state index in [0.29, 0.717) is 20.0 Å². The first-order valence-electron chi connectivity index (χ1n) is 9.49. The van der Waals surface area contributed by atoms with Crippen LogP contribution in [0.4, 0.5) is 18.4 Å². The lowest BCUT2D eigenvalue weighted by Crippen LogP contribution is -2.55. The molecule has 3 rings (SSSR count). The van der Waals surface area contributed by atoms with Crippen LogP contribution in [0.15, 0.2) is 24.3 Å². The summed E-state index contributed by atoms with van der Waals surface area (Å²) in [5.41, 5.74) is 6.29. The molecule has 1 saturated heterocycles. The SMILES string of the molecule is CC(F)(F)Oc1ccc(CNC(=O)N2CCC[C@@H](N(C(N)=O)C3CC3)C2)cc1. The summed E-state index contributed by atoms with van der Waals surface area (Å²) in [6.07, 6.45) is 0.350. The number of urea groups is 2. The normalized spacial score (nSPS) is 19.8. The molecule has 0 aromatic heterocycles. The molecule has 1 aromatic carbocycles. The number of hydrogen-bond donors (Lipinski definition) is 2. The molecule has 1 aliphatic heterocycles. The highest BCUT2D eigenvalue weighted by Crippen LogP contribution is 2.31. The molecule has 1 atom stereocenters. The number of carbonyl (C=O) groups is 2. The monoisotopic (exact) mass is 396 g/mol. The number of alkyl halides is 2. The molecule has 7 nitrogen and oxygen atoms in total. The number of carbonyl (C=O) groups excluding carboxylic acids is 2. The van der Waals surface area contributed by atoms with E-state index in [2.05, 4.69) is 10.1 Å². The van der Waals surface area contributed by atoms with Crippen LogP contribution in [0.1, 0.15) is 38.2 Å². The second-order valence-electron chi connectivity index (χ2n) is 7.43. The fourth-order valence-electron chi connectivity index (χ4n) is 3.55. The summed E-state index contributed by atoms with van der Waals surface area (Å²) < 4.78 is 30.2. The van der Waals surface area contributed by atoms with Gasteiger partial charge in [0.05, 0.1) is 6.04 Å². The van der Waals surface area contributed by atoms with Crippen molar-refractivity contribution < 1.29 is 23.1 Å². The second-order valence-corrected chi connectivity index (χ2v) is 7.43. The average Bonchev–Trinajstić information content (AvgIpc) is 3.44. The maximum atomic E-state index is 12.8. The van der Waals surface area contributed by atoms with Crippen molar-refractivity contribution in [1.29, 1.82) is 0 Å². The highest BCUT2D eigenvalue weighted by Gasteiger charge is 2.38. The van der Waals surface area contributed by atoms with Crippen molar-refractivity contribution in [1.82, 2.24) is 15.1 Å². The molecular weight excluding hydrogens is 370 g/mol. The molecule has 28 heavy (non-hydrogen) atoms. The van der Waals surface area contributed by atoms with Crippen LogP contribution in [-0.2, 0) is 6.54 Å². The summed E-state index contributed by atoms with van der Waals surface area (Å²) in [5, 5.41) is 2.83. The maximum Gasteiger partial charge on any atom is 0.394 e. The Balaban J connectivity index is 1.51. The van der Waals surface area contributed by atoms with Crippen LogP contribution in [0, 0.1) is 0 Å². The van der Waals surface area contributed by atoms with E-state index in [9.17, 15) is 18.4 Å². The molecule has 0 bridgehead atoms. The predicted molar refractivity (Wildman–Crippen MR) is 99.0 cm³/mol. The number of amides is 4.